The van der Waals surface area contributed by atoms with E-state index in [1.165, 1.54) is 6.20 Å². The number of carbonyl (C=O) groups excluding carboxylic acids is 1. The Morgan fingerprint density at radius 3 is 2.69 bits per heavy atom. The second-order valence-corrected chi connectivity index (χ2v) is 6.98. The van der Waals surface area contributed by atoms with Gasteiger partial charge in [0.15, 0.2) is 12.0 Å². The molecular weight excluding hydrogens is 342 g/mol. The number of aliphatic hydroxyl groups excluding tert-OH is 1. The third kappa shape index (κ3) is 2.45. The molecule has 4 atom stereocenters. The fourth-order valence-corrected chi connectivity index (χ4v) is 3.70. The first-order valence-electron chi connectivity index (χ1n) is 8.28. The Labute approximate surface area is 149 Å². The van der Waals surface area contributed by atoms with Gasteiger partial charge >= 0.3 is 0 Å². The molecule has 4 heterocycles. The third-order valence-corrected chi connectivity index (χ3v) is 4.66. The quantitative estimate of drug-likeness (QED) is 0.681. The molecule has 4 rings (SSSR count). The molecule has 0 radical (unpaired) electrons. The van der Waals surface area contributed by atoms with Crippen molar-refractivity contribution in [2.24, 2.45) is 5.73 Å². The van der Waals surface area contributed by atoms with Crippen molar-refractivity contribution >= 4 is 22.8 Å². The molecule has 140 valence electrons. The number of nitrogen functional groups attached to an aromatic ring is 1. The van der Waals surface area contributed by atoms with Gasteiger partial charge in [-0.3, -0.25) is 4.79 Å². The zero-order chi connectivity index (χ0) is 18.8. The summed E-state index contributed by atoms with van der Waals surface area (Å²) in [4.78, 5) is 20.4. The number of hydrogen-bond donors (Lipinski definition) is 3. The van der Waals surface area contributed by atoms with Crippen LogP contribution >= 0.6 is 0 Å². The van der Waals surface area contributed by atoms with E-state index in [0.29, 0.717) is 16.9 Å². The number of nitrogens with zero attached hydrogens (tertiary/aromatic N) is 3. The molecule has 0 aromatic carbocycles. The van der Waals surface area contributed by atoms with Crippen molar-refractivity contribution in [3.63, 3.8) is 0 Å². The topological polar surface area (TPSA) is 148 Å². The Morgan fingerprint density at radius 1 is 1.35 bits per heavy atom. The van der Waals surface area contributed by atoms with Gasteiger partial charge in [0.1, 0.15) is 35.6 Å². The molecule has 0 bridgehead atoms. The van der Waals surface area contributed by atoms with Gasteiger partial charge in [0.25, 0.3) is 5.91 Å². The summed E-state index contributed by atoms with van der Waals surface area (Å²) in [5.41, 5.74) is 12.1. The van der Waals surface area contributed by atoms with Crippen LogP contribution in [0.25, 0.3) is 11.0 Å². The highest BCUT2D eigenvalue weighted by molar-refractivity contribution is 6.08. The standard InChI is InChI=1S/C16H21N5O5/c1-6-19-12(17)9-7(13(18)23)4-21(14(9)20-6)15-11-10(8(5-22)24-15)25-16(2,3)26-11/h4,8,10-11,15,22H,5H2,1-3H3,(H2,18,23)(H2,17,19,20)/t8-,10-,11-,15-/m1/s1. The smallest absolute Gasteiger partial charge is 0.251 e. The average Bonchev–Trinajstić information content (AvgIpc) is 3.15. The van der Waals surface area contributed by atoms with Gasteiger partial charge in [0.05, 0.1) is 17.6 Å². The molecule has 2 aliphatic rings. The molecule has 0 spiro atoms. The van der Waals surface area contributed by atoms with Crippen LogP contribution in [0.4, 0.5) is 5.82 Å². The Hall–Kier alpha value is -2.27. The lowest BCUT2D eigenvalue weighted by atomic mass is 10.1. The average molecular weight is 363 g/mol. The first kappa shape index (κ1) is 17.2. The maximum absolute atomic E-state index is 11.9. The van der Waals surface area contributed by atoms with E-state index < -0.39 is 36.2 Å². The fraction of sp³-hybridized carbons (Fsp3) is 0.562. The molecule has 2 aliphatic heterocycles. The fourth-order valence-electron chi connectivity index (χ4n) is 3.70. The van der Waals surface area contributed by atoms with Gasteiger partial charge in [-0.1, -0.05) is 0 Å². The van der Waals surface area contributed by atoms with Crippen LogP contribution < -0.4 is 11.5 Å². The number of carbonyl (C=O) groups is 1. The van der Waals surface area contributed by atoms with Gasteiger partial charge < -0.3 is 35.4 Å². The van der Waals surface area contributed by atoms with Gasteiger partial charge in [-0.05, 0) is 20.8 Å². The Bertz CT molecular complexity index is 895. The van der Waals surface area contributed by atoms with Crippen LogP contribution in [0.15, 0.2) is 6.20 Å². The molecule has 5 N–H and O–H groups in total. The summed E-state index contributed by atoms with van der Waals surface area (Å²) in [6, 6.07) is 0. The Kier molecular flexibility index (Phi) is 3.70. The monoisotopic (exact) mass is 363 g/mol. The largest absolute Gasteiger partial charge is 0.394 e. The van der Waals surface area contributed by atoms with Crippen molar-refractivity contribution in [2.75, 3.05) is 12.3 Å². The van der Waals surface area contributed by atoms with E-state index in [0.717, 1.165) is 0 Å². The van der Waals surface area contributed by atoms with E-state index in [9.17, 15) is 9.90 Å². The number of hydrogen-bond acceptors (Lipinski definition) is 8. The minimum absolute atomic E-state index is 0.164. The Balaban J connectivity index is 1.88. The molecule has 0 aliphatic carbocycles. The third-order valence-electron chi connectivity index (χ3n) is 4.66. The molecule has 10 nitrogen and oxygen atoms in total. The Morgan fingerprint density at radius 2 is 2.04 bits per heavy atom. The highest BCUT2D eigenvalue weighted by Gasteiger charge is 2.56. The van der Waals surface area contributed by atoms with Crippen molar-refractivity contribution in [3.05, 3.63) is 17.6 Å². The first-order valence-corrected chi connectivity index (χ1v) is 8.28. The van der Waals surface area contributed by atoms with Gasteiger partial charge in [0.2, 0.25) is 0 Å². The summed E-state index contributed by atoms with van der Waals surface area (Å²) in [5, 5.41) is 10.0. The predicted molar refractivity (Wildman–Crippen MR) is 90.0 cm³/mol. The molecule has 2 aromatic rings. The summed E-state index contributed by atoms with van der Waals surface area (Å²) in [7, 11) is 0. The van der Waals surface area contributed by atoms with Crippen LogP contribution in [0.3, 0.4) is 0 Å². The second kappa shape index (κ2) is 5.61. The van der Waals surface area contributed by atoms with Crippen LogP contribution in [0.1, 0.15) is 36.3 Å². The number of nitrogens with two attached hydrogens (primary N) is 2. The molecule has 1 amide bonds. The lowest BCUT2D eigenvalue weighted by Crippen LogP contribution is -2.31. The second-order valence-electron chi connectivity index (χ2n) is 6.98. The maximum atomic E-state index is 11.9. The van der Waals surface area contributed by atoms with Crippen LogP contribution in [0, 0.1) is 6.92 Å². The van der Waals surface area contributed by atoms with Crippen molar-refractivity contribution < 1.29 is 24.1 Å². The van der Waals surface area contributed by atoms with Crippen LogP contribution in [-0.2, 0) is 14.2 Å². The van der Waals surface area contributed by atoms with E-state index in [2.05, 4.69) is 9.97 Å². The minimum Gasteiger partial charge on any atom is -0.394 e. The number of amides is 1. The normalized spacial score (nSPS) is 30.0. The molecule has 2 saturated heterocycles. The maximum Gasteiger partial charge on any atom is 0.251 e. The van der Waals surface area contributed by atoms with Gasteiger partial charge in [-0.2, -0.15) is 0 Å². The number of ether oxygens (including phenoxy) is 3. The number of fused-ring (bicyclic) bond motifs is 2. The van der Waals surface area contributed by atoms with Crippen molar-refractivity contribution in [1.29, 1.82) is 0 Å². The van der Waals surface area contributed by atoms with E-state index in [1.54, 1.807) is 25.3 Å². The van der Waals surface area contributed by atoms with Crippen molar-refractivity contribution in [2.45, 2.75) is 51.1 Å². The summed E-state index contributed by atoms with van der Waals surface area (Å²) >= 11 is 0. The van der Waals surface area contributed by atoms with Crippen LogP contribution in [0.2, 0.25) is 0 Å². The number of primary amides is 1. The van der Waals surface area contributed by atoms with Gasteiger partial charge in [-0.15, -0.1) is 0 Å². The summed E-state index contributed by atoms with van der Waals surface area (Å²) in [6.45, 7) is 5.06. The number of rotatable bonds is 3. The van der Waals surface area contributed by atoms with Crippen molar-refractivity contribution in [1.82, 2.24) is 14.5 Å². The van der Waals surface area contributed by atoms with E-state index >= 15 is 0 Å². The predicted octanol–water partition coefficient (Wildman–Crippen LogP) is -0.169. The summed E-state index contributed by atoms with van der Waals surface area (Å²) in [5.74, 6) is -0.852. The van der Waals surface area contributed by atoms with Crippen LogP contribution in [-0.4, -0.2) is 56.3 Å². The highest BCUT2D eigenvalue weighted by Crippen LogP contribution is 2.44. The van der Waals surface area contributed by atoms with E-state index in [-0.39, 0.29) is 18.0 Å². The highest BCUT2D eigenvalue weighted by atomic mass is 16.8. The SMILES string of the molecule is Cc1nc(N)c2c(C(N)=O)cn([C@@H]3O[C@H](CO)[C@H]4OC(C)(C)O[C@H]43)c2n1. The molecule has 2 fully saturated rings. The van der Waals surface area contributed by atoms with Crippen molar-refractivity contribution in [3.8, 4) is 0 Å². The molecule has 10 heteroatoms. The molecule has 0 saturated carbocycles. The lowest BCUT2D eigenvalue weighted by molar-refractivity contribution is -0.199. The zero-order valence-corrected chi connectivity index (χ0v) is 14.7. The van der Waals surface area contributed by atoms with E-state index in [4.69, 9.17) is 25.7 Å². The number of aliphatic hydroxyl groups is 1. The lowest BCUT2D eigenvalue weighted by Gasteiger charge is -2.24. The molecule has 0 unspecified atom stereocenters. The molecule has 2 aromatic heterocycles. The van der Waals surface area contributed by atoms with E-state index in [1.807, 2.05) is 0 Å². The van der Waals surface area contributed by atoms with Crippen LogP contribution in [0.5, 0.6) is 0 Å². The molecular formula is C16H21N5O5. The summed E-state index contributed by atoms with van der Waals surface area (Å²) in [6.07, 6.45) is -0.636. The number of anilines is 1. The van der Waals surface area contributed by atoms with Gasteiger partial charge in [0, 0.05) is 6.20 Å². The molecule has 26 heavy (non-hydrogen) atoms. The number of aryl methyl sites for hydroxylation is 1. The first-order chi connectivity index (χ1) is 12.2. The minimum atomic E-state index is -0.815. The zero-order valence-electron chi connectivity index (χ0n) is 14.7. The number of aromatic nitrogens is 3. The van der Waals surface area contributed by atoms with Gasteiger partial charge in [-0.25, -0.2) is 9.97 Å². The summed E-state index contributed by atoms with van der Waals surface area (Å²) < 4.78 is 19.5.